The van der Waals surface area contributed by atoms with Crippen molar-refractivity contribution in [3.05, 3.63) is 237 Å². The maximum absolute atomic E-state index is 2.43. The van der Waals surface area contributed by atoms with Crippen molar-refractivity contribution in [1.82, 2.24) is 0 Å². The van der Waals surface area contributed by atoms with Gasteiger partial charge in [0.15, 0.2) is 0 Å². The van der Waals surface area contributed by atoms with Crippen molar-refractivity contribution in [1.29, 1.82) is 0 Å². The normalized spacial score (nSPS) is 11.2. The Bertz CT molecular complexity index is 2930. The molecular formula is C56H39N. The van der Waals surface area contributed by atoms with Crippen molar-refractivity contribution in [2.24, 2.45) is 0 Å². The van der Waals surface area contributed by atoms with Gasteiger partial charge in [0.05, 0.1) is 5.69 Å². The van der Waals surface area contributed by atoms with Crippen LogP contribution in [0, 0.1) is 0 Å². The van der Waals surface area contributed by atoms with Gasteiger partial charge in [0.25, 0.3) is 0 Å². The number of anilines is 3. The van der Waals surface area contributed by atoms with Gasteiger partial charge < -0.3 is 4.90 Å². The van der Waals surface area contributed by atoms with Crippen LogP contribution in [0.1, 0.15) is 0 Å². The fraction of sp³-hybridized carbons (Fsp3) is 0. The molecule has 57 heavy (non-hydrogen) atoms. The van der Waals surface area contributed by atoms with Crippen LogP contribution in [-0.4, -0.2) is 0 Å². The Hall–Kier alpha value is -7.48. The van der Waals surface area contributed by atoms with Crippen LogP contribution in [0.5, 0.6) is 0 Å². The maximum atomic E-state index is 2.43. The zero-order valence-corrected chi connectivity index (χ0v) is 31.5. The number of benzene rings is 10. The SMILES string of the molecule is c1ccc(-c2cccc(-c3ccc(N(c4cccc(-c5cc(-c6ccccc6)cc(-c6ccccc6)c5)c4)c4cc5ccccc5c5ccccc45)cc3)c2)cc1. The summed E-state index contributed by atoms with van der Waals surface area (Å²) in [5.41, 5.74) is 15.3. The summed E-state index contributed by atoms with van der Waals surface area (Å²) in [7, 11) is 0. The standard InChI is InChI=1S/C56H39N/c1-4-16-40(17-5-1)44-23-14-24-45(34-44)43-30-32-51(33-31-43)57(56-39-47-22-10-11-27-53(47)54-28-12-13-29-55(54)56)52-26-15-25-46(38-52)50-36-48(41-18-6-2-7-19-41)35-49(37-50)42-20-8-3-9-21-42/h1-39H. The molecule has 0 saturated carbocycles. The smallest absolute Gasteiger partial charge is 0.0546 e. The molecule has 0 amide bonds. The molecule has 1 heteroatoms. The Morgan fingerprint density at radius 3 is 1.21 bits per heavy atom. The zero-order chi connectivity index (χ0) is 38.0. The lowest BCUT2D eigenvalue weighted by atomic mass is 9.93. The van der Waals surface area contributed by atoms with Gasteiger partial charge in [-0.15, -0.1) is 0 Å². The Morgan fingerprint density at radius 1 is 0.211 bits per heavy atom. The van der Waals surface area contributed by atoms with Crippen LogP contribution < -0.4 is 4.90 Å². The summed E-state index contributed by atoms with van der Waals surface area (Å²) in [5.74, 6) is 0. The topological polar surface area (TPSA) is 3.24 Å². The van der Waals surface area contributed by atoms with E-state index in [1.165, 1.54) is 71.6 Å². The minimum Gasteiger partial charge on any atom is -0.310 e. The molecule has 0 fully saturated rings. The lowest BCUT2D eigenvalue weighted by Crippen LogP contribution is -2.11. The highest BCUT2D eigenvalue weighted by Gasteiger charge is 2.19. The van der Waals surface area contributed by atoms with Crippen molar-refractivity contribution in [2.45, 2.75) is 0 Å². The van der Waals surface area contributed by atoms with Crippen LogP contribution in [0.4, 0.5) is 17.1 Å². The van der Waals surface area contributed by atoms with E-state index in [1.54, 1.807) is 0 Å². The minimum absolute atomic E-state index is 1.10. The van der Waals surface area contributed by atoms with Gasteiger partial charge in [-0.2, -0.15) is 0 Å². The van der Waals surface area contributed by atoms with Crippen LogP contribution in [0.15, 0.2) is 237 Å². The first-order valence-electron chi connectivity index (χ1n) is 19.6. The summed E-state index contributed by atoms with van der Waals surface area (Å²) in [5, 5.41) is 4.91. The zero-order valence-electron chi connectivity index (χ0n) is 31.5. The molecule has 0 aliphatic carbocycles. The number of nitrogens with zero attached hydrogens (tertiary/aromatic N) is 1. The predicted molar refractivity (Wildman–Crippen MR) is 243 cm³/mol. The first-order chi connectivity index (χ1) is 28.2. The highest BCUT2D eigenvalue weighted by molar-refractivity contribution is 6.14. The van der Waals surface area contributed by atoms with Gasteiger partial charge in [-0.05, 0) is 126 Å². The fourth-order valence-electron chi connectivity index (χ4n) is 8.17. The van der Waals surface area contributed by atoms with Crippen LogP contribution in [0.25, 0.3) is 77.2 Å². The summed E-state index contributed by atoms with van der Waals surface area (Å²) in [6, 6.07) is 85.7. The average Bonchev–Trinajstić information content (AvgIpc) is 3.30. The van der Waals surface area contributed by atoms with Gasteiger partial charge in [-0.25, -0.2) is 0 Å². The van der Waals surface area contributed by atoms with E-state index >= 15 is 0 Å². The monoisotopic (exact) mass is 725 g/mol. The number of hydrogen-bond acceptors (Lipinski definition) is 1. The molecule has 0 bridgehead atoms. The first-order valence-corrected chi connectivity index (χ1v) is 19.6. The number of fused-ring (bicyclic) bond motifs is 3. The third kappa shape index (κ3) is 6.77. The van der Waals surface area contributed by atoms with E-state index in [-0.39, 0.29) is 0 Å². The summed E-state index contributed by atoms with van der Waals surface area (Å²) >= 11 is 0. The lowest BCUT2D eigenvalue weighted by molar-refractivity contribution is 1.30. The highest BCUT2D eigenvalue weighted by Crippen LogP contribution is 2.44. The number of hydrogen-bond donors (Lipinski definition) is 0. The number of rotatable bonds is 8. The van der Waals surface area contributed by atoms with Crippen LogP contribution in [0.2, 0.25) is 0 Å². The second kappa shape index (κ2) is 15.0. The summed E-state index contributed by atoms with van der Waals surface area (Å²) in [6.45, 7) is 0. The van der Waals surface area contributed by atoms with E-state index in [0.29, 0.717) is 0 Å². The van der Waals surface area contributed by atoms with Gasteiger partial charge in [-0.3, -0.25) is 0 Å². The molecular weight excluding hydrogens is 687 g/mol. The molecule has 0 aliphatic heterocycles. The van der Waals surface area contributed by atoms with Crippen molar-refractivity contribution in [3.63, 3.8) is 0 Å². The Morgan fingerprint density at radius 2 is 0.614 bits per heavy atom. The largest absolute Gasteiger partial charge is 0.310 e. The van der Waals surface area contributed by atoms with Gasteiger partial charge in [0, 0.05) is 16.8 Å². The van der Waals surface area contributed by atoms with E-state index in [0.717, 1.165) is 22.6 Å². The van der Waals surface area contributed by atoms with Gasteiger partial charge in [0.1, 0.15) is 0 Å². The molecule has 0 atom stereocenters. The molecule has 0 N–H and O–H groups in total. The fourth-order valence-corrected chi connectivity index (χ4v) is 8.17. The summed E-state index contributed by atoms with van der Waals surface area (Å²) in [6.07, 6.45) is 0. The van der Waals surface area contributed by atoms with E-state index in [9.17, 15) is 0 Å². The van der Waals surface area contributed by atoms with Crippen LogP contribution in [0.3, 0.4) is 0 Å². The summed E-state index contributed by atoms with van der Waals surface area (Å²) in [4.78, 5) is 2.43. The Kier molecular flexibility index (Phi) is 8.95. The molecule has 0 unspecified atom stereocenters. The Balaban J connectivity index is 1.14. The highest BCUT2D eigenvalue weighted by atomic mass is 15.1. The van der Waals surface area contributed by atoms with Crippen molar-refractivity contribution in [3.8, 4) is 55.6 Å². The third-order valence-corrected chi connectivity index (χ3v) is 11.0. The summed E-state index contributed by atoms with van der Waals surface area (Å²) < 4.78 is 0. The van der Waals surface area contributed by atoms with Crippen molar-refractivity contribution < 1.29 is 0 Å². The molecule has 10 aromatic rings. The second-order valence-electron chi connectivity index (χ2n) is 14.6. The van der Waals surface area contributed by atoms with E-state index in [4.69, 9.17) is 0 Å². The molecule has 0 heterocycles. The first kappa shape index (κ1) is 34.0. The molecule has 0 radical (unpaired) electrons. The lowest BCUT2D eigenvalue weighted by Gasteiger charge is -2.28. The van der Waals surface area contributed by atoms with Crippen molar-refractivity contribution >= 4 is 38.6 Å². The molecule has 10 rings (SSSR count). The van der Waals surface area contributed by atoms with Crippen molar-refractivity contribution in [2.75, 3.05) is 4.90 Å². The molecule has 268 valence electrons. The molecule has 0 aliphatic rings. The molecule has 0 aromatic heterocycles. The van der Waals surface area contributed by atoms with E-state index in [2.05, 4.69) is 241 Å². The molecule has 10 aromatic carbocycles. The second-order valence-corrected chi connectivity index (χ2v) is 14.6. The van der Waals surface area contributed by atoms with Crippen LogP contribution >= 0.6 is 0 Å². The Labute approximate surface area is 334 Å². The molecule has 0 spiro atoms. The van der Waals surface area contributed by atoms with Gasteiger partial charge >= 0.3 is 0 Å². The molecule has 1 nitrogen and oxygen atoms in total. The predicted octanol–water partition coefficient (Wildman–Crippen LogP) is 15.8. The third-order valence-electron chi connectivity index (χ3n) is 11.0. The quantitative estimate of drug-likeness (QED) is 0.141. The average molecular weight is 726 g/mol. The maximum Gasteiger partial charge on any atom is 0.0546 e. The van der Waals surface area contributed by atoms with E-state index < -0.39 is 0 Å². The van der Waals surface area contributed by atoms with Gasteiger partial charge in [0.2, 0.25) is 0 Å². The van der Waals surface area contributed by atoms with E-state index in [1.807, 2.05) is 0 Å². The van der Waals surface area contributed by atoms with Crippen LogP contribution in [-0.2, 0) is 0 Å². The molecule has 0 saturated heterocycles. The minimum atomic E-state index is 1.10. The van der Waals surface area contributed by atoms with Gasteiger partial charge in [-0.1, -0.05) is 182 Å².